The SMILES string of the molecule is COc1ccc(-c2nc(CC(=O)Nc3cccc(Cl)c3Cl)cs2)cc1. The van der Waals surface area contributed by atoms with Gasteiger partial charge in [-0.25, -0.2) is 4.98 Å². The van der Waals surface area contributed by atoms with Crippen LogP contribution in [-0.4, -0.2) is 18.0 Å². The van der Waals surface area contributed by atoms with Crippen LogP contribution in [0.2, 0.25) is 10.0 Å². The molecule has 0 radical (unpaired) electrons. The maximum absolute atomic E-state index is 12.2. The van der Waals surface area contributed by atoms with Gasteiger partial charge in [0, 0.05) is 10.9 Å². The lowest BCUT2D eigenvalue weighted by Gasteiger charge is -2.07. The smallest absolute Gasteiger partial charge is 0.230 e. The molecular weight excluding hydrogens is 379 g/mol. The Hall–Kier alpha value is -2.08. The molecule has 1 amide bonds. The van der Waals surface area contributed by atoms with E-state index in [1.165, 1.54) is 11.3 Å². The topological polar surface area (TPSA) is 51.2 Å². The fourth-order valence-electron chi connectivity index (χ4n) is 2.21. The second-order valence-corrected chi connectivity index (χ2v) is 6.84. The molecule has 1 heterocycles. The van der Waals surface area contributed by atoms with Gasteiger partial charge in [-0.2, -0.15) is 0 Å². The molecule has 0 aliphatic rings. The van der Waals surface area contributed by atoms with Gasteiger partial charge in [0.1, 0.15) is 10.8 Å². The Morgan fingerprint density at radius 1 is 1.20 bits per heavy atom. The predicted octanol–water partition coefficient (Wildman–Crippen LogP) is 5.31. The van der Waals surface area contributed by atoms with Crippen LogP contribution in [0, 0.1) is 0 Å². The Morgan fingerprint density at radius 2 is 1.96 bits per heavy atom. The highest BCUT2D eigenvalue weighted by Gasteiger charge is 2.12. The number of nitrogens with one attached hydrogen (secondary N) is 1. The third kappa shape index (κ3) is 4.31. The Kier molecular flexibility index (Phi) is 5.58. The second-order valence-electron chi connectivity index (χ2n) is 5.20. The molecular formula is C18H14Cl2N2O2S. The molecule has 0 aliphatic heterocycles. The lowest BCUT2D eigenvalue weighted by Crippen LogP contribution is -2.14. The maximum atomic E-state index is 12.2. The largest absolute Gasteiger partial charge is 0.497 e. The van der Waals surface area contributed by atoms with E-state index in [1.807, 2.05) is 29.6 Å². The number of carbonyl (C=O) groups is 1. The van der Waals surface area contributed by atoms with Crippen molar-refractivity contribution in [2.24, 2.45) is 0 Å². The Bertz CT molecular complexity index is 894. The van der Waals surface area contributed by atoms with Crippen molar-refractivity contribution in [1.82, 2.24) is 4.98 Å². The van der Waals surface area contributed by atoms with Crippen LogP contribution in [0.4, 0.5) is 5.69 Å². The van der Waals surface area contributed by atoms with Crippen molar-refractivity contribution in [3.8, 4) is 16.3 Å². The number of benzene rings is 2. The summed E-state index contributed by atoms with van der Waals surface area (Å²) in [6.45, 7) is 0. The normalized spacial score (nSPS) is 10.5. The molecule has 3 aromatic rings. The van der Waals surface area contributed by atoms with E-state index in [0.717, 1.165) is 16.3 Å². The zero-order valence-electron chi connectivity index (χ0n) is 13.3. The van der Waals surface area contributed by atoms with Gasteiger partial charge in [0.2, 0.25) is 5.91 Å². The summed E-state index contributed by atoms with van der Waals surface area (Å²) in [5, 5.41) is 6.21. The van der Waals surface area contributed by atoms with E-state index in [4.69, 9.17) is 27.9 Å². The zero-order chi connectivity index (χ0) is 17.8. The van der Waals surface area contributed by atoms with Crippen molar-refractivity contribution in [1.29, 1.82) is 0 Å². The molecule has 2 aromatic carbocycles. The van der Waals surface area contributed by atoms with Crippen LogP contribution < -0.4 is 10.1 Å². The summed E-state index contributed by atoms with van der Waals surface area (Å²) in [5.41, 5.74) is 2.17. The lowest BCUT2D eigenvalue weighted by atomic mass is 10.2. The van der Waals surface area contributed by atoms with Crippen molar-refractivity contribution >= 4 is 46.1 Å². The highest BCUT2D eigenvalue weighted by atomic mass is 35.5. The zero-order valence-corrected chi connectivity index (χ0v) is 15.6. The van der Waals surface area contributed by atoms with Gasteiger partial charge in [0.05, 0.1) is 35.0 Å². The third-order valence-corrected chi connectivity index (χ3v) is 5.22. The minimum atomic E-state index is -0.198. The molecule has 3 rings (SSSR count). The van der Waals surface area contributed by atoms with E-state index in [9.17, 15) is 4.79 Å². The molecule has 1 aromatic heterocycles. The van der Waals surface area contributed by atoms with Crippen molar-refractivity contribution in [2.75, 3.05) is 12.4 Å². The maximum Gasteiger partial charge on any atom is 0.230 e. The molecule has 1 N–H and O–H groups in total. The van der Waals surface area contributed by atoms with Crippen molar-refractivity contribution in [2.45, 2.75) is 6.42 Å². The van der Waals surface area contributed by atoms with Crippen LogP contribution in [0.15, 0.2) is 47.8 Å². The number of rotatable bonds is 5. The molecule has 0 fully saturated rings. The second kappa shape index (κ2) is 7.87. The number of hydrogen-bond acceptors (Lipinski definition) is 4. The van der Waals surface area contributed by atoms with Crippen LogP contribution >= 0.6 is 34.5 Å². The molecule has 7 heteroatoms. The van der Waals surface area contributed by atoms with E-state index in [1.54, 1.807) is 25.3 Å². The molecule has 0 saturated heterocycles. The van der Waals surface area contributed by atoms with E-state index in [-0.39, 0.29) is 12.3 Å². The van der Waals surface area contributed by atoms with Gasteiger partial charge in [-0.15, -0.1) is 11.3 Å². The lowest BCUT2D eigenvalue weighted by molar-refractivity contribution is -0.115. The fraction of sp³-hybridized carbons (Fsp3) is 0.111. The third-order valence-electron chi connectivity index (χ3n) is 3.46. The Balaban J connectivity index is 1.68. The van der Waals surface area contributed by atoms with Gasteiger partial charge in [-0.1, -0.05) is 29.3 Å². The van der Waals surface area contributed by atoms with Crippen molar-refractivity contribution in [3.05, 3.63) is 63.6 Å². The average molecular weight is 393 g/mol. The summed E-state index contributed by atoms with van der Waals surface area (Å²) in [4.78, 5) is 16.7. The summed E-state index contributed by atoms with van der Waals surface area (Å²) >= 11 is 13.5. The number of carbonyl (C=O) groups excluding carboxylic acids is 1. The number of nitrogens with zero attached hydrogens (tertiary/aromatic N) is 1. The quantitative estimate of drug-likeness (QED) is 0.640. The first-order valence-corrected chi connectivity index (χ1v) is 9.03. The molecule has 0 unspecified atom stereocenters. The summed E-state index contributed by atoms with van der Waals surface area (Å²) in [6.07, 6.45) is 0.162. The summed E-state index contributed by atoms with van der Waals surface area (Å²) in [6, 6.07) is 12.7. The number of anilines is 1. The standard InChI is InChI=1S/C18H14Cl2N2O2S/c1-24-13-7-5-11(6-8-13)18-21-12(10-25-18)9-16(23)22-15-4-2-3-14(19)17(15)20/h2-8,10H,9H2,1H3,(H,22,23). The minimum absolute atomic E-state index is 0.162. The number of amides is 1. The molecule has 128 valence electrons. The Morgan fingerprint density at radius 3 is 2.68 bits per heavy atom. The van der Waals surface area contributed by atoms with Crippen LogP contribution in [0.25, 0.3) is 10.6 Å². The molecule has 0 saturated carbocycles. The van der Waals surface area contributed by atoms with E-state index < -0.39 is 0 Å². The first kappa shape index (κ1) is 17.7. The molecule has 4 nitrogen and oxygen atoms in total. The summed E-state index contributed by atoms with van der Waals surface area (Å²) in [7, 11) is 1.63. The number of aromatic nitrogens is 1. The molecule has 0 bridgehead atoms. The molecule has 25 heavy (non-hydrogen) atoms. The van der Waals surface area contributed by atoms with Gasteiger partial charge in [0.15, 0.2) is 0 Å². The van der Waals surface area contributed by atoms with Gasteiger partial charge in [-0.3, -0.25) is 4.79 Å². The van der Waals surface area contributed by atoms with E-state index in [0.29, 0.717) is 21.4 Å². The highest BCUT2D eigenvalue weighted by molar-refractivity contribution is 7.13. The predicted molar refractivity (Wildman–Crippen MR) is 103 cm³/mol. The van der Waals surface area contributed by atoms with Gasteiger partial charge >= 0.3 is 0 Å². The number of ether oxygens (including phenoxy) is 1. The van der Waals surface area contributed by atoms with Gasteiger partial charge in [0.25, 0.3) is 0 Å². The molecule has 0 spiro atoms. The van der Waals surface area contributed by atoms with Crippen molar-refractivity contribution in [3.63, 3.8) is 0 Å². The minimum Gasteiger partial charge on any atom is -0.497 e. The van der Waals surface area contributed by atoms with Crippen LogP contribution in [-0.2, 0) is 11.2 Å². The fourth-order valence-corrected chi connectivity index (χ4v) is 3.39. The van der Waals surface area contributed by atoms with E-state index in [2.05, 4.69) is 10.3 Å². The first-order chi connectivity index (χ1) is 12.1. The van der Waals surface area contributed by atoms with Crippen molar-refractivity contribution < 1.29 is 9.53 Å². The number of halogens is 2. The van der Waals surface area contributed by atoms with Crippen LogP contribution in [0.5, 0.6) is 5.75 Å². The van der Waals surface area contributed by atoms with Gasteiger partial charge < -0.3 is 10.1 Å². The van der Waals surface area contributed by atoms with Crippen LogP contribution in [0.1, 0.15) is 5.69 Å². The van der Waals surface area contributed by atoms with Gasteiger partial charge in [-0.05, 0) is 36.4 Å². The summed E-state index contributed by atoms with van der Waals surface area (Å²) < 4.78 is 5.15. The molecule has 0 atom stereocenters. The number of methoxy groups -OCH3 is 1. The van der Waals surface area contributed by atoms with E-state index >= 15 is 0 Å². The number of hydrogen-bond donors (Lipinski definition) is 1. The molecule has 0 aliphatic carbocycles. The monoisotopic (exact) mass is 392 g/mol. The Labute approximate surface area is 159 Å². The first-order valence-electron chi connectivity index (χ1n) is 7.39. The number of thiazole rings is 1. The highest BCUT2D eigenvalue weighted by Crippen LogP contribution is 2.30. The van der Waals surface area contributed by atoms with Crippen LogP contribution in [0.3, 0.4) is 0 Å². The average Bonchev–Trinajstić information content (AvgIpc) is 3.07. The summed E-state index contributed by atoms with van der Waals surface area (Å²) in [5.74, 6) is 0.592.